The molecule has 0 saturated heterocycles. The van der Waals surface area contributed by atoms with Crippen LogP contribution in [0.25, 0.3) is 0 Å². The number of carbonyl (C=O) groups is 2. The van der Waals surface area contributed by atoms with Gasteiger partial charge in [0.05, 0.1) is 12.7 Å². The van der Waals surface area contributed by atoms with E-state index in [9.17, 15) is 9.59 Å². The Labute approximate surface area is 75.9 Å². The zero-order valence-electron chi connectivity index (χ0n) is 7.53. The smallest absolute Gasteiger partial charge is 0.302 e. The molecule has 0 spiro atoms. The summed E-state index contributed by atoms with van der Waals surface area (Å²) in [6.45, 7) is 1.29. The van der Waals surface area contributed by atoms with Crippen molar-refractivity contribution in [1.29, 1.82) is 5.26 Å². The van der Waals surface area contributed by atoms with Crippen molar-refractivity contribution in [2.45, 2.75) is 13.8 Å². The molecule has 0 aromatic rings. The maximum absolute atomic E-state index is 11.0. The second-order valence-electron chi connectivity index (χ2n) is 2.69. The number of carbonyl (C=O) groups excluding carboxylic acids is 2. The van der Waals surface area contributed by atoms with E-state index in [1.54, 1.807) is 6.07 Å². The van der Waals surface area contributed by atoms with Crippen LogP contribution in [0.2, 0.25) is 0 Å². The summed E-state index contributed by atoms with van der Waals surface area (Å²) in [4.78, 5) is 21.4. The van der Waals surface area contributed by atoms with Gasteiger partial charge < -0.3 is 9.84 Å². The molecule has 0 saturated carbocycles. The molecule has 72 valence electrons. The van der Waals surface area contributed by atoms with Gasteiger partial charge in [-0.25, -0.2) is 0 Å². The minimum Gasteiger partial charge on any atom is -0.464 e. The van der Waals surface area contributed by atoms with E-state index in [0.717, 1.165) is 0 Å². The second kappa shape index (κ2) is 4.58. The number of nitrogens with zero attached hydrogens (tertiary/aromatic N) is 1. The minimum absolute atomic E-state index is 0.398. The van der Waals surface area contributed by atoms with Gasteiger partial charge >= 0.3 is 5.97 Å². The molecular weight excluding hydrogens is 174 g/mol. The number of ether oxygens (including phenoxy) is 1. The molecule has 5 nitrogen and oxygen atoms in total. The molecule has 0 radical (unpaired) electrons. The third kappa shape index (κ3) is 2.84. The molecule has 0 aliphatic rings. The summed E-state index contributed by atoms with van der Waals surface area (Å²) in [5.41, 5.74) is -1.61. The van der Waals surface area contributed by atoms with Gasteiger partial charge in [0.15, 0.2) is 11.2 Å². The largest absolute Gasteiger partial charge is 0.464 e. The van der Waals surface area contributed by atoms with Crippen LogP contribution in [0.1, 0.15) is 13.8 Å². The Balaban J connectivity index is 4.52. The molecule has 0 aliphatic heterocycles. The predicted octanol–water partition coefficient (Wildman–Crippen LogP) is -0.359. The summed E-state index contributed by atoms with van der Waals surface area (Å²) in [5.74, 6) is -1.10. The van der Waals surface area contributed by atoms with Gasteiger partial charge in [-0.1, -0.05) is 0 Å². The van der Waals surface area contributed by atoms with Gasteiger partial charge in [-0.15, -0.1) is 0 Å². The lowest BCUT2D eigenvalue weighted by atomic mass is 9.88. The molecule has 1 N–H and O–H groups in total. The Morgan fingerprint density at radius 2 is 2.08 bits per heavy atom. The molecule has 1 atom stereocenters. The van der Waals surface area contributed by atoms with Crippen LogP contribution >= 0.6 is 0 Å². The van der Waals surface area contributed by atoms with Gasteiger partial charge in [0.1, 0.15) is 6.61 Å². The van der Waals surface area contributed by atoms with Crippen LogP contribution in [0, 0.1) is 16.7 Å². The van der Waals surface area contributed by atoms with Crippen molar-refractivity contribution >= 4 is 11.8 Å². The van der Waals surface area contributed by atoms with E-state index in [1.165, 1.54) is 13.8 Å². The van der Waals surface area contributed by atoms with Gasteiger partial charge in [-0.05, 0) is 6.92 Å². The van der Waals surface area contributed by atoms with Crippen LogP contribution in [0.5, 0.6) is 0 Å². The molecule has 0 aromatic heterocycles. The van der Waals surface area contributed by atoms with E-state index in [2.05, 4.69) is 4.74 Å². The average molecular weight is 185 g/mol. The fourth-order valence-electron chi connectivity index (χ4n) is 0.630. The van der Waals surface area contributed by atoms with E-state index in [-0.39, 0.29) is 0 Å². The maximum Gasteiger partial charge on any atom is 0.302 e. The van der Waals surface area contributed by atoms with Crippen molar-refractivity contribution in [3.63, 3.8) is 0 Å². The molecule has 0 amide bonds. The summed E-state index contributed by atoms with van der Waals surface area (Å²) in [5, 5.41) is 17.5. The fourth-order valence-corrected chi connectivity index (χ4v) is 0.630. The standard InChI is InChI=1S/C8H11NO4/c1-6(11)8(3-9,4-10)5-13-7(2)12/h10H,4-5H2,1-2H3. The Morgan fingerprint density at radius 3 is 2.31 bits per heavy atom. The Hall–Kier alpha value is -1.41. The molecule has 0 fully saturated rings. The van der Waals surface area contributed by atoms with Crippen molar-refractivity contribution in [3.05, 3.63) is 0 Å². The predicted molar refractivity (Wildman–Crippen MR) is 42.4 cm³/mol. The molecular formula is C8H11NO4. The number of Topliss-reactive ketones (excluding diaryl/α,β-unsaturated/α-hetero) is 1. The van der Waals surface area contributed by atoms with Crippen molar-refractivity contribution in [1.82, 2.24) is 0 Å². The Bertz CT molecular complexity index is 255. The fraction of sp³-hybridized carbons (Fsp3) is 0.625. The molecule has 0 heterocycles. The number of nitriles is 1. The highest BCUT2D eigenvalue weighted by Crippen LogP contribution is 2.17. The SMILES string of the molecule is CC(=O)OCC(C#N)(CO)C(C)=O. The van der Waals surface area contributed by atoms with Gasteiger partial charge in [0, 0.05) is 6.92 Å². The summed E-state index contributed by atoms with van der Waals surface area (Å²) < 4.78 is 4.51. The van der Waals surface area contributed by atoms with Gasteiger partial charge in [-0.3, -0.25) is 9.59 Å². The van der Waals surface area contributed by atoms with Crippen LogP contribution in [0.3, 0.4) is 0 Å². The number of hydrogen-bond acceptors (Lipinski definition) is 5. The third-order valence-electron chi connectivity index (χ3n) is 1.68. The molecule has 1 unspecified atom stereocenters. The number of rotatable bonds is 4. The first-order chi connectivity index (χ1) is 5.98. The summed E-state index contributed by atoms with van der Waals surface area (Å²) in [7, 11) is 0. The molecule has 0 rings (SSSR count). The van der Waals surface area contributed by atoms with Gasteiger partial charge in [-0.2, -0.15) is 5.26 Å². The van der Waals surface area contributed by atoms with Crippen LogP contribution in [0.15, 0.2) is 0 Å². The highest BCUT2D eigenvalue weighted by Gasteiger charge is 2.36. The lowest BCUT2D eigenvalue weighted by Gasteiger charge is -2.19. The molecule has 0 aliphatic carbocycles. The normalized spacial score (nSPS) is 14.0. The lowest BCUT2D eigenvalue weighted by Crippen LogP contribution is -2.37. The summed E-state index contributed by atoms with van der Waals surface area (Å²) >= 11 is 0. The molecule has 0 aromatic carbocycles. The number of ketones is 1. The highest BCUT2D eigenvalue weighted by atomic mass is 16.5. The number of hydrogen-bond donors (Lipinski definition) is 1. The Kier molecular flexibility index (Phi) is 4.08. The van der Waals surface area contributed by atoms with Crippen molar-refractivity contribution in [2.24, 2.45) is 5.41 Å². The molecule has 13 heavy (non-hydrogen) atoms. The van der Waals surface area contributed by atoms with Crippen LogP contribution in [-0.2, 0) is 14.3 Å². The van der Waals surface area contributed by atoms with E-state index in [4.69, 9.17) is 10.4 Å². The van der Waals surface area contributed by atoms with Crippen molar-refractivity contribution < 1.29 is 19.4 Å². The summed E-state index contributed by atoms with van der Waals surface area (Å²) in [6.07, 6.45) is 0. The monoisotopic (exact) mass is 185 g/mol. The minimum atomic E-state index is -1.61. The Morgan fingerprint density at radius 1 is 1.54 bits per heavy atom. The zero-order chi connectivity index (χ0) is 10.5. The molecule has 0 bridgehead atoms. The van der Waals surface area contributed by atoms with Crippen molar-refractivity contribution in [2.75, 3.05) is 13.2 Å². The first kappa shape index (κ1) is 11.6. The second-order valence-corrected chi connectivity index (χ2v) is 2.69. The van der Waals surface area contributed by atoms with E-state index in [0.29, 0.717) is 0 Å². The van der Waals surface area contributed by atoms with E-state index < -0.39 is 30.4 Å². The van der Waals surface area contributed by atoms with Gasteiger partial charge in [0.25, 0.3) is 0 Å². The first-order valence-electron chi connectivity index (χ1n) is 3.65. The summed E-state index contributed by atoms with van der Waals surface area (Å²) in [6, 6.07) is 1.64. The van der Waals surface area contributed by atoms with Crippen LogP contribution in [-0.4, -0.2) is 30.1 Å². The highest BCUT2D eigenvalue weighted by molar-refractivity contribution is 5.85. The van der Waals surface area contributed by atoms with E-state index in [1.807, 2.05) is 0 Å². The zero-order valence-corrected chi connectivity index (χ0v) is 7.53. The first-order valence-corrected chi connectivity index (χ1v) is 3.65. The lowest BCUT2D eigenvalue weighted by molar-refractivity contribution is -0.146. The van der Waals surface area contributed by atoms with E-state index >= 15 is 0 Å². The van der Waals surface area contributed by atoms with Crippen molar-refractivity contribution in [3.8, 4) is 6.07 Å². The number of aliphatic hydroxyl groups excluding tert-OH is 1. The van der Waals surface area contributed by atoms with Crippen LogP contribution < -0.4 is 0 Å². The quantitative estimate of drug-likeness (QED) is 0.604. The van der Waals surface area contributed by atoms with Crippen LogP contribution in [0.4, 0.5) is 0 Å². The third-order valence-corrected chi connectivity index (χ3v) is 1.68. The maximum atomic E-state index is 11.0. The average Bonchev–Trinajstić information content (AvgIpc) is 2.06. The topological polar surface area (TPSA) is 87.4 Å². The number of esters is 1. The van der Waals surface area contributed by atoms with Gasteiger partial charge in [0.2, 0.25) is 0 Å². The molecule has 5 heteroatoms. The number of aliphatic hydroxyl groups is 1.